The second-order valence-corrected chi connectivity index (χ2v) is 13.6. The topological polar surface area (TPSA) is 30.5 Å². The summed E-state index contributed by atoms with van der Waals surface area (Å²) in [6.45, 7) is 15.6. The summed E-state index contributed by atoms with van der Waals surface area (Å²) < 4.78 is 11.9. The molecular formula is C25H35NO2Si. The smallest absolute Gasteiger partial charge is 0.250 e. The van der Waals surface area contributed by atoms with E-state index in [9.17, 15) is 0 Å². The number of rotatable bonds is 9. The van der Waals surface area contributed by atoms with Crippen molar-refractivity contribution in [3.8, 4) is 5.75 Å². The van der Waals surface area contributed by atoms with Crippen molar-refractivity contribution in [3.63, 3.8) is 0 Å². The SMILES string of the molecule is C=C=C[C@@H](N[C@@H](COC)c1ccccc1)c1ccc(O[Si](C)(C)C(C)(C)C)cc1. The van der Waals surface area contributed by atoms with Gasteiger partial charge in [0.1, 0.15) is 5.75 Å². The minimum Gasteiger partial charge on any atom is -0.544 e. The zero-order valence-electron chi connectivity index (χ0n) is 18.7. The molecule has 156 valence electrons. The highest BCUT2D eigenvalue weighted by Gasteiger charge is 2.38. The van der Waals surface area contributed by atoms with E-state index in [-0.39, 0.29) is 17.1 Å². The predicted molar refractivity (Wildman–Crippen MR) is 125 cm³/mol. The van der Waals surface area contributed by atoms with Gasteiger partial charge in [0, 0.05) is 7.11 Å². The van der Waals surface area contributed by atoms with Crippen LogP contribution < -0.4 is 9.74 Å². The van der Waals surface area contributed by atoms with Crippen molar-refractivity contribution in [1.82, 2.24) is 5.32 Å². The Morgan fingerprint density at radius 3 is 2.17 bits per heavy atom. The lowest BCUT2D eigenvalue weighted by molar-refractivity contribution is 0.163. The Balaban J connectivity index is 2.21. The van der Waals surface area contributed by atoms with Crippen LogP contribution in [0.5, 0.6) is 5.75 Å². The monoisotopic (exact) mass is 409 g/mol. The van der Waals surface area contributed by atoms with Crippen LogP contribution in [0.4, 0.5) is 0 Å². The molecule has 0 spiro atoms. The van der Waals surface area contributed by atoms with E-state index in [0.29, 0.717) is 6.61 Å². The maximum atomic E-state index is 6.41. The number of methoxy groups -OCH3 is 1. The minimum atomic E-state index is -1.85. The quantitative estimate of drug-likeness (QED) is 0.382. The molecule has 0 radical (unpaired) electrons. The van der Waals surface area contributed by atoms with Crippen molar-refractivity contribution in [2.24, 2.45) is 0 Å². The van der Waals surface area contributed by atoms with Crippen molar-refractivity contribution >= 4 is 8.32 Å². The molecule has 0 saturated heterocycles. The molecule has 2 atom stereocenters. The highest BCUT2D eigenvalue weighted by atomic mass is 28.4. The molecular weight excluding hydrogens is 374 g/mol. The Kier molecular flexibility index (Phi) is 8.06. The summed E-state index contributed by atoms with van der Waals surface area (Å²) >= 11 is 0. The maximum absolute atomic E-state index is 6.41. The van der Waals surface area contributed by atoms with Crippen LogP contribution in [0.3, 0.4) is 0 Å². The van der Waals surface area contributed by atoms with Gasteiger partial charge in [-0.25, -0.2) is 0 Å². The number of benzene rings is 2. The largest absolute Gasteiger partial charge is 0.544 e. The third kappa shape index (κ3) is 6.45. The molecule has 0 fully saturated rings. The molecule has 1 N–H and O–H groups in total. The first-order chi connectivity index (χ1) is 13.7. The average molecular weight is 410 g/mol. The van der Waals surface area contributed by atoms with Gasteiger partial charge in [0.2, 0.25) is 8.32 Å². The highest BCUT2D eigenvalue weighted by Crippen LogP contribution is 2.37. The Hall–Kier alpha value is -2.10. The number of ether oxygens (including phenoxy) is 1. The lowest BCUT2D eigenvalue weighted by Crippen LogP contribution is -2.43. The van der Waals surface area contributed by atoms with Crippen LogP contribution >= 0.6 is 0 Å². The van der Waals surface area contributed by atoms with E-state index in [2.05, 4.69) is 87.9 Å². The van der Waals surface area contributed by atoms with E-state index in [1.807, 2.05) is 24.3 Å². The van der Waals surface area contributed by atoms with Gasteiger partial charge in [-0.1, -0.05) is 69.8 Å². The Labute approximate surface area is 177 Å². The standard InChI is InChI=1S/C25H35NO2Si/c1-8-12-23(26-24(19-27-5)20-13-10-9-11-14-20)21-15-17-22(18-16-21)28-29(6,7)25(2,3)4/h9-18,23-24,26H,1,19H2,2-7H3/t23-,24+/m1/s1. The van der Waals surface area contributed by atoms with Crippen molar-refractivity contribution < 1.29 is 9.16 Å². The van der Waals surface area contributed by atoms with E-state index >= 15 is 0 Å². The van der Waals surface area contributed by atoms with Crippen LogP contribution in [0.2, 0.25) is 18.1 Å². The van der Waals surface area contributed by atoms with Gasteiger partial charge in [0.05, 0.1) is 18.7 Å². The van der Waals surface area contributed by atoms with Crippen LogP contribution in [0, 0.1) is 0 Å². The maximum Gasteiger partial charge on any atom is 0.250 e. The van der Waals surface area contributed by atoms with Crippen LogP contribution in [-0.2, 0) is 4.74 Å². The summed E-state index contributed by atoms with van der Waals surface area (Å²) in [6, 6.07) is 18.7. The first-order valence-electron chi connectivity index (χ1n) is 10.1. The molecule has 0 unspecified atom stereocenters. The molecule has 29 heavy (non-hydrogen) atoms. The van der Waals surface area contributed by atoms with Gasteiger partial charge in [-0.15, -0.1) is 5.73 Å². The fourth-order valence-corrected chi connectivity index (χ4v) is 3.89. The summed E-state index contributed by atoms with van der Waals surface area (Å²) in [4.78, 5) is 0. The number of nitrogens with one attached hydrogen (secondary N) is 1. The van der Waals surface area contributed by atoms with Crippen molar-refractivity contribution in [2.45, 2.75) is 51.0 Å². The molecule has 4 heteroatoms. The molecule has 0 aromatic heterocycles. The Morgan fingerprint density at radius 2 is 1.66 bits per heavy atom. The molecule has 0 bridgehead atoms. The second kappa shape index (κ2) is 10.1. The van der Waals surface area contributed by atoms with Gasteiger partial charge in [-0.05, 0) is 47.5 Å². The lowest BCUT2D eigenvalue weighted by atomic mass is 10.0. The van der Waals surface area contributed by atoms with Crippen LogP contribution in [0.1, 0.15) is 44.0 Å². The van der Waals surface area contributed by atoms with Gasteiger partial charge in [0.25, 0.3) is 0 Å². The van der Waals surface area contributed by atoms with E-state index in [4.69, 9.17) is 9.16 Å². The average Bonchev–Trinajstić information content (AvgIpc) is 2.67. The number of hydrogen-bond donors (Lipinski definition) is 1. The molecule has 0 aliphatic heterocycles. The van der Waals surface area contributed by atoms with E-state index < -0.39 is 8.32 Å². The number of hydrogen-bond acceptors (Lipinski definition) is 3. The first-order valence-corrected chi connectivity index (χ1v) is 13.0. The zero-order chi connectivity index (χ0) is 21.5. The molecule has 2 aromatic rings. The molecule has 2 aromatic carbocycles. The molecule has 0 heterocycles. The molecule has 2 rings (SSSR count). The summed E-state index contributed by atoms with van der Waals surface area (Å²) in [5, 5.41) is 3.84. The molecule has 0 saturated carbocycles. The van der Waals surface area contributed by atoms with E-state index in [1.165, 1.54) is 5.56 Å². The third-order valence-corrected chi connectivity index (χ3v) is 9.98. The van der Waals surface area contributed by atoms with Crippen molar-refractivity contribution in [2.75, 3.05) is 13.7 Å². The van der Waals surface area contributed by atoms with Crippen LogP contribution in [0.25, 0.3) is 0 Å². The van der Waals surface area contributed by atoms with E-state index in [0.717, 1.165) is 11.3 Å². The van der Waals surface area contributed by atoms with Gasteiger partial charge >= 0.3 is 0 Å². The first kappa shape index (κ1) is 23.2. The minimum absolute atomic E-state index is 0.0187. The zero-order valence-corrected chi connectivity index (χ0v) is 19.7. The highest BCUT2D eigenvalue weighted by molar-refractivity contribution is 6.74. The Bertz CT molecular complexity index is 803. The fraction of sp³-hybridized carbons (Fsp3) is 0.400. The third-order valence-electron chi connectivity index (χ3n) is 5.62. The predicted octanol–water partition coefficient (Wildman–Crippen LogP) is 6.43. The van der Waals surface area contributed by atoms with Gasteiger partial charge < -0.3 is 9.16 Å². The second-order valence-electron chi connectivity index (χ2n) is 8.87. The van der Waals surface area contributed by atoms with Crippen molar-refractivity contribution in [1.29, 1.82) is 0 Å². The van der Waals surface area contributed by atoms with Gasteiger partial charge in [0.15, 0.2) is 0 Å². The molecule has 0 aliphatic rings. The normalized spacial score (nSPS) is 14.0. The summed E-state index contributed by atoms with van der Waals surface area (Å²) in [5.74, 6) is 0.929. The molecule has 0 aliphatic carbocycles. The molecule has 0 amide bonds. The fourth-order valence-electron chi connectivity index (χ4n) is 2.86. The van der Waals surface area contributed by atoms with Crippen LogP contribution in [-0.4, -0.2) is 22.0 Å². The van der Waals surface area contributed by atoms with Crippen LogP contribution in [0.15, 0.2) is 73.0 Å². The Morgan fingerprint density at radius 1 is 1.03 bits per heavy atom. The van der Waals surface area contributed by atoms with Gasteiger partial charge in [-0.2, -0.15) is 0 Å². The summed E-state index contributed by atoms with van der Waals surface area (Å²) in [7, 11) is -0.124. The van der Waals surface area contributed by atoms with E-state index in [1.54, 1.807) is 7.11 Å². The van der Waals surface area contributed by atoms with Crippen molar-refractivity contribution in [3.05, 3.63) is 84.1 Å². The molecule has 3 nitrogen and oxygen atoms in total. The van der Waals surface area contributed by atoms with Gasteiger partial charge in [-0.3, -0.25) is 5.32 Å². The summed E-state index contributed by atoms with van der Waals surface area (Å²) in [5.41, 5.74) is 5.26. The summed E-state index contributed by atoms with van der Waals surface area (Å²) in [6.07, 6.45) is 1.95. The lowest BCUT2D eigenvalue weighted by Gasteiger charge is -2.36.